The van der Waals surface area contributed by atoms with Crippen LogP contribution in [0, 0.1) is 0 Å². The van der Waals surface area contributed by atoms with Crippen LogP contribution >= 0.6 is 15.9 Å². The van der Waals surface area contributed by atoms with Crippen molar-refractivity contribution in [3.8, 4) is 5.75 Å². The van der Waals surface area contributed by atoms with Crippen molar-refractivity contribution in [2.75, 3.05) is 12.4 Å². The smallest absolute Gasteiger partial charge is 0.255 e. The summed E-state index contributed by atoms with van der Waals surface area (Å²) in [6.07, 6.45) is 3.65. The van der Waals surface area contributed by atoms with Gasteiger partial charge < -0.3 is 10.1 Å². The van der Waals surface area contributed by atoms with E-state index in [4.69, 9.17) is 4.74 Å². The van der Waals surface area contributed by atoms with Crippen molar-refractivity contribution in [2.24, 2.45) is 0 Å². The number of hydrogen-bond acceptors (Lipinski definition) is 3. The van der Waals surface area contributed by atoms with Crippen molar-refractivity contribution in [2.45, 2.75) is 6.54 Å². The number of methoxy groups -OCH3 is 1. The van der Waals surface area contributed by atoms with E-state index in [1.807, 2.05) is 53.3 Å². The molecule has 0 radical (unpaired) electrons. The molecule has 1 amide bonds. The average molecular weight is 386 g/mol. The van der Waals surface area contributed by atoms with Gasteiger partial charge in [-0.15, -0.1) is 0 Å². The van der Waals surface area contributed by atoms with Crippen molar-refractivity contribution >= 4 is 27.5 Å². The van der Waals surface area contributed by atoms with Crippen LogP contribution in [0.5, 0.6) is 5.75 Å². The third kappa shape index (κ3) is 4.02. The summed E-state index contributed by atoms with van der Waals surface area (Å²) >= 11 is 3.37. The number of nitrogens with one attached hydrogen (secondary N) is 1. The zero-order chi connectivity index (χ0) is 16.9. The topological polar surface area (TPSA) is 56.1 Å². The molecule has 0 atom stereocenters. The number of ether oxygens (including phenoxy) is 1. The molecular formula is C18H16BrN3O2. The van der Waals surface area contributed by atoms with Gasteiger partial charge in [-0.25, -0.2) is 0 Å². The summed E-state index contributed by atoms with van der Waals surface area (Å²) in [5.41, 5.74) is 2.37. The summed E-state index contributed by atoms with van der Waals surface area (Å²) in [7, 11) is 1.60. The lowest BCUT2D eigenvalue weighted by molar-refractivity contribution is 0.102. The molecule has 0 unspecified atom stereocenters. The van der Waals surface area contributed by atoms with Gasteiger partial charge in [0.25, 0.3) is 5.91 Å². The molecule has 3 aromatic rings. The number of carbonyl (C=O) groups is 1. The second-order valence-electron chi connectivity index (χ2n) is 5.24. The highest BCUT2D eigenvalue weighted by Crippen LogP contribution is 2.18. The highest BCUT2D eigenvalue weighted by molar-refractivity contribution is 9.10. The SMILES string of the molecule is COc1cccc(NC(=O)c2ccc(Cn3cc(Br)cn3)cc2)c1. The predicted octanol–water partition coefficient (Wildman–Crippen LogP) is 3.95. The first-order valence-electron chi connectivity index (χ1n) is 7.36. The lowest BCUT2D eigenvalue weighted by Gasteiger charge is -2.08. The quantitative estimate of drug-likeness (QED) is 0.723. The second-order valence-corrected chi connectivity index (χ2v) is 6.15. The maximum atomic E-state index is 12.3. The summed E-state index contributed by atoms with van der Waals surface area (Å²) in [6, 6.07) is 14.7. The van der Waals surface area contributed by atoms with Gasteiger partial charge in [-0.2, -0.15) is 5.10 Å². The van der Waals surface area contributed by atoms with E-state index in [0.717, 1.165) is 10.0 Å². The van der Waals surface area contributed by atoms with Gasteiger partial charge in [0.1, 0.15) is 5.75 Å². The molecule has 24 heavy (non-hydrogen) atoms. The number of carbonyl (C=O) groups excluding carboxylic acids is 1. The molecule has 0 aliphatic rings. The number of hydrogen-bond donors (Lipinski definition) is 1. The number of rotatable bonds is 5. The number of nitrogens with zero attached hydrogens (tertiary/aromatic N) is 2. The third-order valence-electron chi connectivity index (χ3n) is 3.49. The van der Waals surface area contributed by atoms with Gasteiger partial charge in [0.15, 0.2) is 0 Å². The van der Waals surface area contributed by atoms with Gasteiger partial charge in [0.2, 0.25) is 0 Å². The minimum absolute atomic E-state index is 0.156. The third-order valence-corrected chi connectivity index (χ3v) is 3.90. The fraction of sp³-hybridized carbons (Fsp3) is 0.111. The number of amides is 1. The Morgan fingerprint density at radius 2 is 2.04 bits per heavy atom. The monoisotopic (exact) mass is 385 g/mol. The minimum atomic E-state index is -0.156. The summed E-state index contributed by atoms with van der Waals surface area (Å²) in [6.45, 7) is 0.656. The van der Waals surface area contributed by atoms with E-state index in [9.17, 15) is 4.79 Å². The van der Waals surface area contributed by atoms with E-state index in [1.54, 1.807) is 19.4 Å². The first kappa shape index (κ1) is 16.3. The van der Waals surface area contributed by atoms with E-state index in [-0.39, 0.29) is 5.91 Å². The average Bonchev–Trinajstić information content (AvgIpc) is 3.00. The summed E-state index contributed by atoms with van der Waals surface area (Å²) in [5.74, 6) is 0.546. The highest BCUT2D eigenvalue weighted by Gasteiger charge is 2.07. The maximum Gasteiger partial charge on any atom is 0.255 e. The Labute approximate surface area is 148 Å². The number of aromatic nitrogens is 2. The van der Waals surface area contributed by atoms with Crippen molar-refractivity contribution in [1.82, 2.24) is 9.78 Å². The fourth-order valence-corrected chi connectivity index (χ4v) is 2.61. The van der Waals surface area contributed by atoms with Crippen LogP contribution in [0.25, 0.3) is 0 Å². The zero-order valence-corrected chi connectivity index (χ0v) is 14.7. The van der Waals surface area contributed by atoms with E-state index in [1.165, 1.54) is 0 Å². The Morgan fingerprint density at radius 3 is 2.71 bits per heavy atom. The Morgan fingerprint density at radius 1 is 1.25 bits per heavy atom. The lowest BCUT2D eigenvalue weighted by Crippen LogP contribution is -2.12. The lowest BCUT2D eigenvalue weighted by atomic mass is 10.1. The van der Waals surface area contributed by atoms with E-state index in [2.05, 4.69) is 26.3 Å². The molecule has 2 aromatic carbocycles. The van der Waals surface area contributed by atoms with Crippen LogP contribution in [0.1, 0.15) is 15.9 Å². The second kappa shape index (κ2) is 7.31. The van der Waals surface area contributed by atoms with Crippen molar-refractivity contribution in [3.63, 3.8) is 0 Å². The molecule has 1 N–H and O–H groups in total. The number of anilines is 1. The van der Waals surface area contributed by atoms with Crippen molar-refractivity contribution < 1.29 is 9.53 Å². The molecule has 3 rings (SSSR count). The summed E-state index contributed by atoms with van der Waals surface area (Å²) in [5, 5.41) is 7.08. The van der Waals surface area contributed by atoms with Gasteiger partial charge in [0, 0.05) is 23.5 Å². The van der Waals surface area contributed by atoms with E-state index >= 15 is 0 Å². The van der Waals surface area contributed by atoms with Gasteiger partial charge in [-0.1, -0.05) is 18.2 Å². The molecule has 6 heteroatoms. The first-order chi connectivity index (χ1) is 11.6. The van der Waals surface area contributed by atoms with Crippen LogP contribution in [-0.2, 0) is 6.54 Å². The van der Waals surface area contributed by atoms with Crippen LogP contribution in [-0.4, -0.2) is 22.8 Å². The Kier molecular flexibility index (Phi) is 4.96. The van der Waals surface area contributed by atoms with E-state index in [0.29, 0.717) is 23.5 Å². The Bertz CT molecular complexity index is 843. The predicted molar refractivity (Wildman–Crippen MR) is 96.4 cm³/mol. The van der Waals surface area contributed by atoms with Crippen LogP contribution in [0.2, 0.25) is 0 Å². The van der Waals surface area contributed by atoms with Crippen LogP contribution < -0.4 is 10.1 Å². The molecular weight excluding hydrogens is 370 g/mol. The molecule has 0 spiro atoms. The molecule has 0 aliphatic carbocycles. The number of halogens is 1. The Balaban J connectivity index is 1.67. The normalized spacial score (nSPS) is 10.4. The Hall–Kier alpha value is -2.60. The summed E-state index contributed by atoms with van der Waals surface area (Å²) < 4.78 is 7.92. The molecule has 0 saturated carbocycles. The molecule has 0 saturated heterocycles. The molecule has 5 nitrogen and oxygen atoms in total. The van der Waals surface area contributed by atoms with Gasteiger partial charge in [-0.05, 0) is 45.8 Å². The standard InChI is InChI=1S/C18H16BrN3O2/c1-24-17-4-2-3-16(9-17)21-18(23)14-7-5-13(6-8-14)11-22-12-15(19)10-20-22/h2-10,12H,11H2,1H3,(H,21,23). The number of benzene rings is 2. The molecule has 1 aromatic heterocycles. The largest absolute Gasteiger partial charge is 0.497 e. The van der Waals surface area contributed by atoms with Gasteiger partial charge >= 0.3 is 0 Å². The van der Waals surface area contributed by atoms with Crippen molar-refractivity contribution in [3.05, 3.63) is 76.5 Å². The maximum absolute atomic E-state index is 12.3. The van der Waals surface area contributed by atoms with Gasteiger partial charge in [-0.3, -0.25) is 9.48 Å². The van der Waals surface area contributed by atoms with E-state index < -0.39 is 0 Å². The highest BCUT2D eigenvalue weighted by atomic mass is 79.9. The van der Waals surface area contributed by atoms with Crippen molar-refractivity contribution in [1.29, 1.82) is 0 Å². The molecule has 1 heterocycles. The molecule has 122 valence electrons. The molecule has 0 bridgehead atoms. The minimum Gasteiger partial charge on any atom is -0.497 e. The summed E-state index contributed by atoms with van der Waals surface area (Å²) in [4.78, 5) is 12.3. The van der Waals surface area contributed by atoms with Crippen LogP contribution in [0.4, 0.5) is 5.69 Å². The zero-order valence-electron chi connectivity index (χ0n) is 13.1. The molecule has 0 aliphatic heterocycles. The fourth-order valence-electron chi connectivity index (χ4n) is 2.28. The first-order valence-corrected chi connectivity index (χ1v) is 8.15. The van der Waals surface area contributed by atoms with Crippen LogP contribution in [0.15, 0.2) is 65.4 Å². The molecule has 0 fully saturated rings. The van der Waals surface area contributed by atoms with Gasteiger partial charge in [0.05, 0.1) is 24.3 Å². The van der Waals surface area contributed by atoms with Crippen LogP contribution in [0.3, 0.4) is 0 Å².